The molecular weight excluding hydrogens is 334 g/mol. The molecule has 0 aliphatic heterocycles. The second-order valence-electron chi connectivity index (χ2n) is 5.75. The number of hydrogen-bond donors (Lipinski definition) is 1. The molecule has 0 saturated heterocycles. The maximum atomic E-state index is 12.5. The van der Waals surface area contributed by atoms with Crippen LogP contribution in [0.4, 0.5) is 0 Å². The third-order valence-electron chi connectivity index (χ3n) is 4.05. The summed E-state index contributed by atoms with van der Waals surface area (Å²) in [6, 6.07) is 11.5. The number of methoxy groups -OCH3 is 1. The minimum absolute atomic E-state index is 0.0113. The lowest BCUT2D eigenvalue weighted by atomic mass is 10.1. The Morgan fingerprint density at radius 1 is 1.32 bits per heavy atom. The quantitative estimate of drug-likeness (QED) is 0.707. The van der Waals surface area contributed by atoms with Gasteiger partial charge in [0, 0.05) is 30.7 Å². The van der Waals surface area contributed by atoms with Gasteiger partial charge in [-0.15, -0.1) is 11.3 Å². The van der Waals surface area contributed by atoms with Crippen LogP contribution in [0, 0.1) is 0 Å². The number of aryl methyl sites for hydroxylation is 2. The normalized spacial score (nSPS) is 11.9. The van der Waals surface area contributed by atoms with Gasteiger partial charge in [-0.1, -0.05) is 18.2 Å². The molecule has 0 aliphatic rings. The van der Waals surface area contributed by atoms with Gasteiger partial charge in [-0.25, -0.2) is 4.98 Å². The second-order valence-corrected chi connectivity index (χ2v) is 6.78. The number of carbonyl (C=O) groups is 1. The molecule has 2 aromatic heterocycles. The van der Waals surface area contributed by atoms with Crippen LogP contribution in [0.2, 0.25) is 0 Å². The molecule has 0 bridgehead atoms. The van der Waals surface area contributed by atoms with Crippen LogP contribution in [-0.4, -0.2) is 22.6 Å². The molecule has 0 saturated carbocycles. The average Bonchev–Trinajstić information content (AvgIpc) is 3.30. The minimum Gasteiger partial charge on any atom is -0.497 e. The molecule has 3 rings (SSSR count). The predicted octanol–water partition coefficient (Wildman–Crippen LogP) is 3.33. The van der Waals surface area contributed by atoms with Gasteiger partial charge < -0.3 is 14.6 Å². The molecule has 0 radical (unpaired) electrons. The van der Waals surface area contributed by atoms with Crippen molar-refractivity contribution in [2.45, 2.75) is 18.9 Å². The lowest BCUT2D eigenvalue weighted by Gasteiger charge is -2.19. The fourth-order valence-electron chi connectivity index (χ4n) is 2.67. The van der Waals surface area contributed by atoms with E-state index in [-0.39, 0.29) is 11.9 Å². The maximum Gasteiger partial charge on any atom is 0.221 e. The first-order chi connectivity index (χ1) is 12.2. The summed E-state index contributed by atoms with van der Waals surface area (Å²) in [6.07, 6.45) is 4.82. The van der Waals surface area contributed by atoms with Crippen molar-refractivity contribution in [3.63, 3.8) is 0 Å². The standard InChI is InChI=1S/C19H21N3O2S/c1-22-12-11-20-19(22)18(14-5-7-15(24-2)8-6-14)21-17(23)10-9-16-4-3-13-25-16/h3-8,11-13,18H,9-10H2,1-2H3,(H,21,23). The van der Waals surface area contributed by atoms with Gasteiger partial charge in [0.25, 0.3) is 0 Å². The van der Waals surface area contributed by atoms with E-state index >= 15 is 0 Å². The summed E-state index contributed by atoms with van der Waals surface area (Å²) >= 11 is 1.67. The van der Waals surface area contributed by atoms with Gasteiger partial charge in [0.1, 0.15) is 17.6 Å². The van der Waals surface area contributed by atoms with E-state index in [2.05, 4.69) is 16.4 Å². The number of nitrogens with one attached hydrogen (secondary N) is 1. The summed E-state index contributed by atoms with van der Waals surface area (Å²) in [4.78, 5) is 18.1. The Labute approximate surface area is 151 Å². The lowest BCUT2D eigenvalue weighted by molar-refractivity contribution is -0.121. The number of amides is 1. The largest absolute Gasteiger partial charge is 0.497 e. The highest BCUT2D eigenvalue weighted by molar-refractivity contribution is 7.09. The molecule has 1 amide bonds. The zero-order valence-corrected chi connectivity index (χ0v) is 15.1. The summed E-state index contributed by atoms with van der Waals surface area (Å²) in [5.41, 5.74) is 0.972. The highest BCUT2D eigenvalue weighted by Gasteiger charge is 2.20. The fraction of sp³-hybridized carbons (Fsp3) is 0.263. The van der Waals surface area contributed by atoms with Gasteiger partial charge in [0.2, 0.25) is 5.91 Å². The maximum absolute atomic E-state index is 12.5. The Balaban J connectivity index is 1.76. The molecule has 5 nitrogen and oxygen atoms in total. The molecule has 3 aromatic rings. The molecule has 1 unspecified atom stereocenters. The first kappa shape index (κ1) is 17.2. The Morgan fingerprint density at radius 3 is 2.72 bits per heavy atom. The number of nitrogens with zero attached hydrogens (tertiary/aromatic N) is 2. The van der Waals surface area contributed by atoms with E-state index in [1.165, 1.54) is 4.88 Å². The Bertz CT molecular complexity index is 810. The van der Waals surface area contributed by atoms with E-state index in [9.17, 15) is 4.79 Å². The van der Waals surface area contributed by atoms with Crippen LogP contribution in [0.25, 0.3) is 0 Å². The van der Waals surface area contributed by atoms with Crippen LogP contribution < -0.4 is 10.1 Å². The summed E-state index contributed by atoms with van der Waals surface area (Å²) in [5.74, 6) is 1.60. The Hall–Kier alpha value is -2.60. The highest BCUT2D eigenvalue weighted by Crippen LogP contribution is 2.23. The van der Waals surface area contributed by atoms with Crippen molar-refractivity contribution in [1.82, 2.24) is 14.9 Å². The first-order valence-corrected chi connectivity index (χ1v) is 8.98. The predicted molar refractivity (Wildman–Crippen MR) is 98.8 cm³/mol. The van der Waals surface area contributed by atoms with E-state index in [0.717, 1.165) is 23.6 Å². The van der Waals surface area contributed by atoms with Gasteiger partial charge >= 0.3 is 0 Å². The zero-order chi connectivity index (χ0) is 17.6. The van der Waals surface area contributed by atoms with Gasteiger partial charge in [-0.3, -0.25) is 4.79 Å². The van der Waals surface area contributed by atoms with Gasteiger partial charge in [-0.2, -0.15) is 0 Å². The molecule has 0 aliphatic carbocycles. The van der Waals surface area contributed by atoms with Gasteiger partial charge in [0.15, 0.2) is 0 Å². The highest BCUT2D eigenvalue weighted by atomic mass is 32.1. The zero-order valence-electron chi connectivity index (χ0n) is 14.3. The van der Waals surface area contributed by atoms with Crippen LogP contribution in [0.15, 0.2) is 54.2 Å². The molecular formula is C19H21N3O2S. The number of benzene rings is 1. The van der Waals surface area contributed by atoms with Crippen molar-refractivity contribution in [3.8, 4) is 5.75 Å². The smallest absolute Gasteiger partial charge is 0.221 e. The number of aromatic nitrogens is 2. The molecule has 2 heterocycles. The number of ether oxygens (including phenoxy) is 1. The molecule has 25 heavy (non-hydrogen) atoms. The fourth-order valence-corrected chi connectivity index (χ4v) is 3.38. The summed E-state index contributed by atoms with van der Waals surface area (Å²) in [6.45, 7) is 0. The number of imidazole rings is 1. The molecule has 1 N–H and O–H groups in total. The molecule has 1 atom stereocenters. The summed E-state index contributed by atoms with van der Waals surface area (Å²) in [7, 11) is 3.56. The van der Waals surface area contributed by atoms with Gasteiger partial charge in [-0.05, 0) is 35.6 Å². The monoisotopic (exact) mass is 355 g/mol. The van der Waals surface area contributed by atoms with Crippen LogP contribution >= 0.6 is 11.3 Å². The first-order valence-electron chi connectivity index (χ1n) is 8.10. The number of rotatable bonds is 7. The lowest BCUT2D eigenvalue weighted by Crippen LogP contribution is -2.31. The van der Waals surface area contributed by atoms with Crippen molar-refractivity contribution in [1.29, 1.82) is 0 Å². The van der Waals surface area contributed by atoms with Crippen molar-refractivity contribution >= 4 is 17.2 Å². The molecule has 6 heteroatoms. The van der Waals surface area contributed by atoms with Crippen LogP contribution in [0.5, 0.6) is 5.75 Å². The summed E-state index contributed by atoms with van der Waals surface area (Å²) in [5, 5.41) is 5.15. The second kappa shape index (κ2) is 7.98. The third kappa shape index (κ3) is 4.28. The van der Waals surface area contributed by atoms with Crippen molar-refractivity contribution < 1.29 is 9.53 Å². The minimum atomic E-state index is -0.290. The van der Waals surface area contributed by atoms with Crippen molar-refractivity contribution in [2.24, 2.45) is 7.05 Å². The van der Waals surface area contributed by atoms with E-state index in [4.69, 9.17) is 4.74 Å². The van der Waals surface area contributed by atoms with E-state index in [1.54, 1.807) is 24.6 Å². The molecule has 0 fully saturated rings. The van der Waals surface area contributed by atoms with Gasteiger partial charge in [0.05, 0.1) is 7.11 Å². The number of thiophene rings is 1. The molecule has 1 aromatic carbocycles. The summed E-state index contributed by atoms with van der Waals surface area (Å²) < 4.78 is 7.14. The number of carbonyl (C=O) groups excluding carboxylic acids is 1. The van der Waals surface area contributed by atoms with Crippen LogP contribution in [-0.2, 0) is 18.3 Å². The van der Waals surface area contributed by atoms with Crippen molar-refractivity contribution in [3.05, 3.63) is 70.4 Å². The number of hydrogen-bond acceptors (Lipinski definition) is 4. The van der Waals surface area contributed by atoms with E-state index in [1.807, 2.05) is 53.5 Å². The SMILES string of the molecule is COc1ccc(C(NC(=O)CCc2cccs2)c2nccn2C)cc1. The van der Waals surface area contributed by atoms with E-state index < -0.39 is 0 Å². The van der Waals surface area contributed by atoms with Crippen LogP contribution in [0.3, 0.4) is 0 Å². The molecule has 130 valence electrons. The topological polar surface area (TPSA) is 56.1 Å². The Kier molecular flexibility index (Phi) is 5.50. The Morgan fingerprint density at radius 2 is 2.12 bits per heavy atom. The third-order valence-corrected chi connectivity index (χ3v) is 4.99. The average molecular weight is 355 g/mol. The molecule has 0 spiro atoms. The van der Waals surface area contributed by atoms with E-state index in [0.29, 0.717) is 6.42 Å². The van der Waals surface area contributed by atoms with Crippen LogP contribution in [0.1, 0.15) is 28.7 Å². The van der Waals surface area contributed by atoms with Crippen molar-refractivity contribution in [2.75, 3.05) is 7.11 Å².